The first-order valence-electron chi connectivity index (χ1n) is 4.73. The van der Waals surface area contributed by atoms with Crippen molar-refractivity contribution < 1.29 is 4.79 Å². The SMILES string of the molecule is CC(=O)NNc1ccnc2cc(Cl)ccc12. The molecule has 0 spiro atoms. The first-order chi connectivity index (χ1) is 7.66. The molecule has 0 unspecified atom stereocenters. The number of pyridine rings is 1. The number of nitrogens with one attached hydrogen (secondary N) is 2. The van der Waals surface area contributed by atoms with Crippen molar-refractivity contribution in [1.82, 2.24) is 10.4 Å². The molecule has 82 valence electrons. The van der Waals surface area contributed by atoms with Gasteiger partial charge in [-0.3, -0.25) is 20.6 Å². The van der Waals surface area contributed by atoms with Gasteiger partial charge in [0.25, 0.3) is 0 Å². The Hall–Kier alpha value is -1.81. The molecule has 1 heterocycles. The summed E-state index contributed by atoms with van der Waals surface area (Å²) in [5.41, 5.74) is 6.91. The van der Waals surface area contributed by atoms with E-state index in [9.17, 15) is 4.79 Å². The van der Waals surface area contributed by atoms with Gasteiger partial charge in [-0.05, 0) is 24.3 Å². The summed E-state index contributed by atoms with van der Waals surface area (Å²) < 4.78 is 0. The van der Waals surface area contributed by atoms with Crippen LogP contribution in [-0.4, -0.2) is 10.9 Å². The Bertz CT molecular complexity index is 542. The zero-order valence-corrected chi connectivity index (χ0v) is 9.38. The molecule has 2 rings (SSSR count). The number of aromatic nitrogens is 1. The Balaban J connectivity index is 2.41. The van der Waals surface area contributed by atoms with Gasteiger partial charge in [-0.2, -0.15) is 0 Å². The van der Waals surface area contributed by atoms with Crippen molar-refractivity contribution in [1.29, 1.82) is 0 Å². The molecule has 0 saturated heterocycles. The number of hydrazine groups is 1. The molecule has 1 aromatic carbocycles. The lowest BCUT2D eigenvalue weighted by Crippen LogP contribution is -2.26. The van der Waals surface area contributed by atoms with Crippen LogP contribution in [0.25, 0.3) is 10.9 Å². The van der Waals surface area contributed by atoms with E-state index in [4.69, 9.17) is 11.6 Å². The van der Waals surface area contributed by atoms with Gasteiger partial charge in [0.2, 0.25) is 5.91 Å². The standard InChI is InChI=1S/C11H10ClN3O/c1-7(16)14-15-10-4-5-13-11-6-8(12)2-3-9(10)11/h2-6H,1H3,(H,13,15)(H,14,16). The van der Waals surface area contributed by atoms with Gasteiger partial charge < -0.3 is 0 Å². The van der Waals surface area contributed by atoms with Crippen LogP contribution in [0.2, 0.25) is 5.02 Å². The van der Waals surface area contributed by atoms with Crippen LogP contribution < -0.4 is 10.9 Å². The number of anilines is 1. The summed E-state index contributed by atoms with van der Waals surface area (Å²) in [4.78, 5) is 15.0. The molecule has 0 radical (unpaired) electrons. The maximum absolute atomic E-state index is 10.8. The van der Waals surface area contributed by atoms with Gasteiger partial charge in [0.15, 0.2) is 0 Å². The minimum atomic E-state index is -0.154. The molecule has 1 aromatic heterocycles. The van der Waals surface area contributed by atoms with E-state index in [1.807, 2.05) is 6.07 Å². The largest absolute Gasteiger partial charge is 0.298 e. The maximum atomic E-state index is 10.8. The molecule has 0 saturated carbocycles. The summed E-state index contributed by atoms with van der Waals surface area (Å²) in [6.07, 6.45) is 1.66. The van der Waals surface area contributed by atoms with E-state index < -0.39 is 0 Å². The van der Waals surface area contributed by atoms with Crippen LogP contribution in [0.4, 0.5) is 5.69 Å². The number of rotatable bonds is 2. The highest BCUT2D eigenvalue weighted by Crippen LogP contribution is 2.23. The number of hydrogen-bond donors (Lipinski definition) is 2. The fourth-order valence-electron chi connectivity index (χ4n) is 1.39. The highest BCUT2D eigenvalue weighted by Gasteiger charge is 2.02. The van der Waals surface area contributed by atoms with E-state index in [0.29, 0.717) is 5.02 Å². The van der Waals surface area contributed by atoms with Gasteiger partial charge >= 0.3 is 0 Å². The fraction of sp³-hybridized carbons (Fsp3) is 0.0909. The summed E-state index contributed by atoms with van der Waals surface area (Å²) in [5, 5.41) is 1.54. The van der Waals surface area contributed by atoms with Crippen molar-refractivity contribution in [3.05, 3.63) is 35.5 Å². The first-order valence-corrected chi connectivity index (χ1v) is 5.11. The number of nitrogens with zero attached hydrogens (tertiary/aromatic N) is 1. The Morgan fingerprint density at radius 3 is 2.94 bits per heavy atom. The number of halogens is 1. The van der Waals surface area contributed by atoms with E-state index >= 15 is 0 Å². The second-order valence-corrected chi connectivity index (χ2v) is 3.76. The molecule has 0 atom stereocenters. The number of carbonyl (C=O) groups excluding carboxylic acids is 1. The summed E-state index contributed by atoms with van der Waals surface area (Å²) in [6.45, 7) is 1.44. The monoisotopic (exact) mass is 235 g/mol. The average molecular weight is 236 g/mol. The van der Waals surface area contributed by atoms with Crippen LogP contribution >= 0.6 is 11.6 Å². The molecule has 0 bridgehead atoms. The third-order valence-corrected chi connectivity index (χ3v) is 2.31. The number of carbonyl (C=O) groups is 1. The normalized spacial score (nSPS) is 10.1. The summed E-state index contributed by atoms with van der Waals surface area (Å²) in [5.74, 6) is -0.154. The predicted molar refractivity (Wildman–Crippen MR) is 64.2 cm³/mol. The Morgan fingerprint density at radius 2 is 2.19 bits per heavy atom. The molecule has 0 fully saturated rings. The van der Waals surface area contributed by atoms with Gasteiger partial charge in [-0.1, -0.05) is 11.6 Å². The molecule has 1 amide bonds. The smallest absolute Gasteiger partial charge is 0.235 e. The first kappa shape index (κ1) is 10.7. The highest BCUT2D eigenvalue weighted by atomic mass is 35.5. The quantitative estimate of drug-likeness (QED) is 0.786. The van der Waals surface area contributed by atoms with Gasteiger partial charge in [-0.15, -0.1) is 0 Å². The molecule has 16 heavy (non-hydrogen) atoms. The molecule has 2 aromatic rings. The minimum absolute atomic E-state index is 0.154. The van der Waals surface area contributed by atoms with E-state index in [0.717, 1.165) is 16.6 Å². The van der Waals surface area contributed by atoms with Gasteiger partial charge in [0.05, 0.1) is 11.2 Å². The molecule has 0 aliphatic carbocycles. The maximum Gasteiger partial charge on any atom is 0.235 e. The number of fused-ring (bicyclic) bond motifs is 1. The predicted octanol–water partition coefficient (Wildman–Crippen LogP) is 2.35. The van der Waals surface area contributed by atoms with Crippen LogP contribution in [0.15, 0.2) is 30.5 Å². The Kier molecular flexibility index (Phi) is 2.92. The zero-order chi connectivity index (χ0) is 11.5. The van der Waals surface area contributed by atoms with Crippen LogP contribution in [-0.2, 0) is 4.79 Å². The third-order valence-electron chi connectivity index (χ3n) is 2.08. The third kappa shape index (κ3) is 2.23. The highest BCUT2D eigenvalue weighted by molar-refractivity contribution is 6.31. The van der Waals surface area contributed by atoms with Crippen LogP contribution in [0.1, 0.15) is 6.92 Å². The van der Waals surface area contributed by atoms with Gasteiger partial charge in [0.1, 0.15) is 0 Å². The number of amides is 1. The molecular formula is C11H10ClN3O. The lowest BCUT2D eigenvalue weighted by Gasteiger charge is -2.09. The Morgan fingerprint density at radius 1 is 1.38 bits per heavy atom. The molecule has 0 aliphatic rings. The van der Waals surface area contributed by atoms with Crippen molar-refractivity contribution in [3.63, 3.8) is 0 Å². The number of benzene rings is 1. The van der Waals surface area contributed by atoms with E-state index in [1.54, 1.807) is 24.4 Å². The zero-order valence-electron chi connectivity index (χ0n) is 8.62. The average Bonchev–Trinajstić information content (AvgIpc) is 2.25. The summed E-state index contributed by atoms with van der Waals surface area (Å²) in [7, 11) is 0. The van der Waals surface area contributed by atoms with Crippen molar-refractivity contribution in [2.75, 3.05) is 5.43 Å². The van der Waals surface area contributed by atoms with Crippen molar-refractivity contribution >= 4 is 34.1 Å². The second kappa shape index (κ2) is 4.37. The van der Waals surface area contributed by atoms with Crippen molar-refractivity contribution in [2.24, 2.45) is 0 Å². The second-order valence-electron chi connectivity index (χ2n) is 3.33. The minimum Gasteiger partial charge on any atom is -0.298 e. The van der Waals surface area contributed by atoms with Crippen molar-refractivity contribution in [2.45, 2.75) is 6.92 Å². The topological polar surface area (TPSA) is 54.0 Å². The molecular weight excluding hydrogens is 226 g/mol. The lowest BCUT2D eigenvalue weighted by atomic mass is 10.2. The number of hydrogen-bond acceptors (Lipinski definition) is 3. The van der Waals surface area contributed by atoms with Gasteiger partial charge in [-0.25, -0.2) is 0 Å². The molecule has 2 N–H and O–H groups in total. The summed E-state index contributed by atoms with van der Waals surface area (Å²) in [6, 6.07) is 7.20. The summed E-state index contributed by atoms with van der Waals surface area (Å²) >= 11 is 5.87. The van der Waals surface area contributed by atoms with Crippen LogP contribution in [0.5, 0.6) is 0 Å². The van der Waals surface area contributed by atoms with Crippen molar-refractivity contribution in [3.8, 4) is 0 Å². The lowest BCUT2D eigenvalue weighted by molar-refractivity contribution is -0.118. The van der Waals surface area contributed by atoms with E-state index in [1.165, 1.54) is 6.92 Å². The molecule has 0 aliphatic heterocycles. The van der Waals surface area contributed by atoms with E-state index in [2.05, 4.69) is 15.8 Å². The van der Waals surface area contributed by atoms with E-state index in [-0.39, 0.29) is 5.91 Å². The molecule has 4 nitrogen and oxygen atoms in total. The molecule has 5 heteroatoms. The Labute approximate surface area is 97.6 Å². The fourth-order valence-corrected chi connectivity index (χ4v) is 1.55. The van der Waals surface area contributed by atoms with Gasteiger partial charge in [0, 0.05) is 23.5 Å². The van der Waals surface area contributed by atoms with Crippen LogP contribution in [0.3, 0.4) is 0 Å². The van der Waals surface area contributed by atoms with Crippen LogP contribution in [0, 0.1) is 0 Å².